The summed E-state index contributed by atoms with van der Waals surface area (Å²) in [6.07, 6.45) is 4.01. The molecule has 96 valence electrons. The summed E-state index contributed by atoms with van der Waals surface area (Å²) in [5.41, 5.74) is 0.766. The van der Waals surface area contributed by atoms with Crippen molar-refractivity contribution in [3.05, 3.63) is 29.6 Å². The van der Waals surface area contributed by atoms with Crippen molar-refractivity contribution in [2.24, 2.45) is 0 Å². The molecule has 0 saturated heterocycles. The molecule has 0 aliphatic heterocycles. The van der Waals surface area contributed by atoms with Crippen molar-refractivity contribution >= 4 is 0 Å². The minimum Gasteiger partial charge on any atom is -0.497 e. The number of benzene rings is 1. The SMILES string of the molecule is CCCC(CCc1ccc(OC)cc1F)NC. The van der Waals surface area contributed by atoms with E-state index >= 15 is 0 Å². The van der Waals surface area contributed by atoms with Crippen LogP contribution in [0.25, 0.3) is 0 Å². The van der Waals surface area contributed by atoms with Gasteiger partial charge in [0.1, 0.15) is 11.6 Å². The van der Waals surface area contributed by atoms with Crippen molar-refractivity contribution < 1.29 is 9.13 Å². The fourth-order valence-corrected chi connectivity index (χ4v) is 1.97. The number of halogens is 1. The van der Waals surface area contributed by atoms with E-state index < -0.39 is 0 Å². The van der Waals surface area contributed by atoms with E-state index in [1.807, 2.05) is 19.2 Å². The summed E-state index contributed by atoms with van der Waals surface area (Å²) >= 11 is 0. The average Bonchev–Trinajstić information content (AvgIpc) is 2.35. The molecule has 0 fully saturated rings. The molecule has 0 aliphatic carbocycles. The zero-order valence-electron chi connectivity index (χ0n) is 10.9. The van der Waals surface area contributed by atoms with E-state index in [0.717, 1.165) is 31.2 Å². The van der Waals surface area contributed by atoms with Gasteiger partial charge in [0.05, 0.1) is 7.11 Å². The lowest BCUT2D eigenvalue weighted by atomic mass is 10.0. The van der Waals surface area contributed by atoms with Crippen molar-refractivity contribution in [3.63, 3.8) is 0 Å². The van der Waals surface area contributed by atoms with Gasteiger partial charge in [0.2, 0.25) is 0 Å². The largest absolute Gasteiger partial charge is 0.497 e. The normalized spacial score (nSPS) is 12.5. The van der Waals surface area contributed by atoms with Gasteiger partial charge >= 0.3 is 0 Å². The summed E-state index contributed by atoms with van der Waals surface area (Å²) < 4.78 is 18.7. The minimum atomic E-state index is -0.171. The number of methoxy groups -OCH3 is 1. The van der Waals surface area contributed by atoms with E-state index in [-0.39, 0.29) is 5.82 Å². The van der Waals surface area contributed by atoms with Gasteiger partial charge in [-0.15, -0.1) is 0 Å². The first-order valence-corrected chi connectivity index (χ1v) is 6.21. The summed E-state index contributed by atoms with van der Waals surface area (Å²) in [4.78, 5) is 0. The van der Waals surface area contributed by atoms with Crippen LogP contribution in [0.2, 0.25) is 0 Å². The Hall–Kier alpha value is -1.09. The van der Waals surface area contributed by atoms with Crippen LogP contribution in [0.5, 0.6) is 5.75 Å². The zero-order chi connectivity index (χ0) is 12.7. The Balaban J connectivity index is 2.56. The zero-order valence-corrected chi connectivity index (χ0v) is 10.9. The second-order valence-corrected chi connectivity index (χ2v) is 4.27. The van der Waals surface area contributed by atoms with E-state index in [0.29, 0.717) is 11.8 Å². The van der Waals surface area contributed by atoms with Crippen LogP contribution in [0.3, 0.4) is 0 Å². The number of hydrogen-bond donors (Lipinski definition) is 1. The first kappa shape index (κ1) is 14.0. The van der Waals surface area contributed by atoms with Gasteiger partial charge in [-0.1, -0.05) is 19.4 Å². The van der Waals surface area contributed by atoms with Crippen molar-refractivity contribution in [2.45, 2.75) is 38.6 Å². The summed E-state index contributed by atoms with van der Waals surface area (Å²) in [7, 11) is 3.51. The van der Waals surface area contributed by atoms with Crippen LogP contribution in [0.1, 0.15) is 31.7 Å². The maximum Gasteiger partial charge on any atom is 0.130 e. The molecule has 1 aromatic carbocycles. The molecule has 1 rings (SSSR count). The van der Waals surface area contributed by atoms with Crippen LogP contribution in [-0.2, 0) is 6.42 Å². The molecule has 0 aromatic heterocycles. The van der Waals surface area contributed by atoms with Crippen LogP contribution in [-0.4, -0.2) is 20.2 Å². The molecule has 17 heavy (non-hydrogen) atoms. The molecule has 0 aliphatic rings. The first-order valence-electron chi connectivity index (χ1n) is 6.21. The van der Waals surface area contributed by atoms with E-state index in [1.165, 1.54) is 6.07 Å². The lowest BCUT2D eigenvalue weighted by Crippen LogP contribution is -2.25. The standard InChI is InChI=1S/C14H22FNO/c1-4-5-12(16-2)8-6-11-7-9-13(17-3)10-14(11)15/h7,9-10,12,16H,4-6,8H2,1-3H3. The Bertz CT molecular complexity index is 341. The van der Waals surface area contributed by atoms with Crippen LogP contribution in [0.15, 0.2) is 18.2 Å². The summed E-state index contributed by atoms with van der Waals surface area (Å²) in [6.45, 7) is 2.16. The van der Waals surface area contributed by atoms with Crippen molar-refractivity contribution in [1.29, 1.82) is 0 Å². The number of aryl methyl sites for hydroxylation is 1. The van der Waals surface area contributed by atoms with Gasteiger partial charge in [0, 0.05) is 12.1 Å². The molecule has 0 saturated carbocycles. The predicted octanol–water partition coefficient (Wildman–Crippen LogP) is 3.16. The van der Waals surface area contributed by atoms with E-state index in [1.54, 1.807) is 7.11 Å². The first-order chi connectivity index (χ1) is 8.21. The molecular formula is C14H22FNO. The van der Waals surface area contributed by atoms with Gasteiger partial charge in [-0.05, 0) is 37.9 Å². The Morgan fingerprint density at radius 3 is 2.65 bits per heavy atom. The monoisotopic (exact) mass is 239 g/mol. The maximum atomic E-state index is 13.7. The minimum absolute atomic E-state index is 0.171. The van der Waals surface area contributed by atoms with E-state index in [2.05, 4.69) is 12.2 Å². The van der Waals surface area contributed by atoms with Crippen LogP contribution < -0.4 is 10.1 Å². The highest BCUT2D eigenvalue weighted by Crippen LogP contribution is 2.18. The number of hydrogen-bond acceptors (Lipinski definition) is 2. The Labute approximate surface area is 103 Å². The molecule has 0 radical (unpaired) electrons. The van der Waals surface area contributed by atoms with Crippen LogP contribution >= 0.6 is 0 Å². The highest BCUT2D eigenvalue weighted by molar-refractivity contribution is 5.28. The van der Waals surface area contributed by atoms with Gasteiger partial charge in [0.25, 0.3) is 0 Å². The smallest absolute Gasteiger partial charge is 0.130 e. The molecular weight excluding hydrogens is 217 g/mol. The molecule has 1 aromatic rings. The molecule has 0 bridgehead atoms. The van der Waals surface area contributed by atoms with Gasteiger partial charge in [-0.2, -0.15) is 0 Å². The van der Waals surface area contributed by atoms with Crippen molar-refractivity contribution in [3.8, 4) is 5.75 Å². The van der Waals surface area contributed by atoms with Gasteiger partial charge in [0.15, 0.2) is 0 Å². The van der Waals surface area contributed by atoms with E-state index in [9.17, 15) is 4.39 Å². The predicted molar refractivity (Wildman–Crippen MR) is 69.0 cm³/mol. The fraction of sp³-hybridized carbons (Fsp3) is 0.571. The molecule has 0 heterocycles. The number of nitrogens with one attached hydrogen (secondary N) is 1. The highest BCUT2D eigenvalue weighted by Gasteiger charge is 2.08. The molecule has 0 spiro atoms. The second kappa shape index (κ2) is 7.28. The third-order valence-electron chi connectivity index (χ3n) is 3.07. The quantitative estimate of drug-likeness (QED) is 0.789. The molecule has 1 N–H and O–H groups in total. The average molecular weight is 239 g/mol. The molecule has 1 atom stereocenters. The van der Waals surface area contributed by atoms with E-state index in [4.69, 9.17) is 4.74 Å². The van der Waals surface area contributed by atoms with Crippen molar-refractivity contribution in [2.75, 3.05) is 14.2 Å². The Morgan fingerprint density at radius 1 is 1.35 bits per heavy atom. The summed E-state index contributed by atoms with van der Waals surface area (Å²) in [6, 6.07) is 5.55. The molecule has 3 heteroatoms. The maximum absolute atomic E-state index is 13.7. The molecule has 1 unspecified atom stereocenters. The lowest BCUT2D eigenvalue weighted by molar-refractivity contribution is 0.410. The molecule has 2 nitrogen and oxygen atoms in total. The Morgan fingerprint density at radius 2 is 2.12 bits per heavy atom. The Kier molecular flexibility index (Phi) is 5.98. The third-order valence-corrected chi connectivity index (χ3v) is 3.07. The highest BCUT2D eigenvalue weighted by atomic mass is 19.1. The van der Waals surface area contributed by atoms with Gasteiger partial charge in [-0.25, -0.2) is 4.39 Å². The topological polar surface area (TPSA) is 21.3 Å². The van der Waals surface area contributed by atoms with Crippen LogP contribution in [0, 0.1) is 5.82 Å². The fourth-order valence-electron chi connectivity index (χ4n) is 1.97. The second-order valence-electron chi connectivity index (χ2n) is 4.27. The third kappa shape index (κ3) is 4.35. The molecule has 0 amide bonds. The summed E-state index contributed by atoms with van der Waals surface area (Å²) in [5, 5.41) is 3.27. The van der Waals surface area contributed by atoms with Gasteiger partial charge in [-0.3, -0.25) is 0 Å². The number of rotatable bonds is 7. The lowest BCUT2D eigenvalue weighted by Gasteiger charge is -2.15. The van der Waals surface area contributed by atoms with Crippen LogP contribution in [0.4, 0.5) is 4.39 Å². The summed E-state index contributed by atoms with van der Waals surface area (Å²) in [5.74, 6) is 0.403. The van der Waals surface area contributed by atoms with Gasteiger partial charge < -0.3 is 10.1 Å². The van der Waals surface area contributed by atoms with Crippen molar-refractivity contribution in [1.82, 2.24) is 5.32 Å². The number of ether oxygens (including phenoxy) is 1.